The highest BCUT2D eigenvalue weighted by atomic mass is 35.5. The Bertz CT molecular complexity index is 1080. The standard InChI is InChI=1S/C19H13Cl2N3O6/c1-28-18(26)15-3-2-11(30-15)9-24-17(25)14(23-19(24)27)8-10-6-12(20)16(13(21)7-10)29-5-4-22/h2-3,6-8H,5,9H2,1H3,(H,23,27). The summed E-state index contributed by atoms with van der Waals surface area (Å²) < 4.78 is 15.0. The predicted molar refractivity (Wildman–Crippen MR) is 105 cm³/mol. The van der Waals surface area contributed by atoms with Crippen molar-refractivity contribution in [3.8, 4) is 11.8 Å². The van der Waals surface area contributed by atoms with Gasteiger partial charge in [0.2, 0.25) is 5.76 Å². The van der Waals surface area contributed by atoms with E-state index in [1.807, 2.05) is 6.07 Å². The first-order valence-electron chi connectivity index (χ1n) is 8.34. The topological polar surface area (TPSA) is 122 Å². The highest BCUT2D eigenvalue weighted by Gasteiger charge is 2.34. The molecule has 0 atom stereocenters. The van der Waals surface area contributed by atoms with Crippen molar-refractivity contribution in [1.29, 1.82) is 5.26 Å². The molecule has 2 aromatic rings. The number of imide groups is 1. The normalized spacial score (nSPS) is 14.6. The van der Waals surface area contributed by atoms with Gasteiger partial charge in [-0.05, 0) is 35.9 Å². The summed E-state index contributed by atoms with van der Waals surface area (Å²) in [4.78, 5) is 37.2. The molecule has 1 aromatic carbocycles. The summed E-state index contributed by atoms with van der Waals surface area (Å²) in [6.45, 7) is -0.407. The van der Waals surface area contributed by atoms with Crippen molar-refractivity contribution in [2.24, 2.45) is 0 Å². The second-order valence-corrected chi connectivity index (χ2v) is 6.71. The number of methoxy groups -OCH3 is 1. The van der Waals surface area contributed by atoms with E-state index in [0.29, 0.717) is 5.56 Å². The number of carbonyl (C=O) groups excluding carboxylic acids is 3. The lowest BCUT2D eigenvalue weighted by atomic mass is 10.1. The van der Waals surface area contributed by atoms with E-state index in [4.69, 9.17) is 37.6 Å². The van der Waals surface area contributed by atoms with Gasteiger partial charge in [0.1, 0.15) is 17.5 Å². The summed E-state index contributed by atoms with van der Waals surface area (Å²) in [5, 5.41) is 11.3. The molecule has 30 heavy (non-hydrogen) atoms. The van der Waals surface area contributed by atoms with Crippen molar-refractivity contribution >= 4 is 47.2 Å². The van der Waals surface area contributed by atoms with Crippen molar-refractivity contribution in [3.05, 3.63) is 57.1 Å². The zero-order valence-electron chi connectivity index (χ0n) is 15.4. The van der Waals surface area contributed by atoms with E-state index in [1.54, 1.807) is 0 Å². The summed E-state index contributed by atoms with van der Waals surface area (Å²) in [7, 11) is 1.21. The average Bonchev–Trinajstić information content (AvgIpc) is 3.27. The SMILES string of the molecule is COC(=O)c1ccc(CN2C(=O)NC(=Cc3cc(Cl)c(OCC#N)c(Cl)c3)C2=O)o1. The number of rotatable bonds is 6. The first kappa shape index (κ1) is 21.2. The Kier molecular flexibility index (Phi) is 6.30. The van der Waals surface area contributed by atoms with E-state index >= 15 is 0 Å². The number of nitrogens with zero attached hydrogens (tertiary/aromatic N) is 2. The molecule has 0 bridgehead atoms. The molecule has 11 heteroatoms. The summed E-state index contributed by atoms with van der Waals surface area (Å²) in [5.41, 5.74) is 0.434. The van der Waals surface area contributed by atoms with Gasteiger partial charge in [-0.1, -0.05) is 23.2 Å². The van der Waals surface area contributed by atoms with E-state index < -0.39 is 17.9 Å². The molecule has 0 aliphatic carbocycles. The van der Waals surface area contributed by atoms with E-state index in [-0.39, 0.29) is 46.2 Å². The van der Waals surface area contributed by atoms with Gasteiger partial charge < -0.3 is 19.2 Å². The molecular weight excluding hydrogens is 437 g/mol. The van der Waals surface area contributed by atoms with Gasteiger partial charge in [-0.25, -0.2) is 9.59 Å². The summed E-state index contributed by atoms with van der Waals surface area (Å²) >= 11 is 12.2. The third-order valence-corrected chi connectivity index (χ3v) is 4.50. The number of esters is 1. The number of urea groups is 1. The molecule has 1 aliphatic rings. The van der Waals surface area contributed by atoms with Crippen molar-refractivity contribution in [1.82, 2.24) is 10.2 Å². The number of halogens is 2. The molecule has 1 saturated heterocycles. The number of carbonyl (C=O) groups is 3. The lowest BCUT2D eigenvalue weighted by Gasteiger charge is -2.09. The highest BCUT2D eigenvalue weighted by Crippen LogP contribution is 2.35. The Morgan fingerprint density at radius 3 is 2.63 bits per heavy atom. The fraction of sp³-hybridized carbons (Fsp3) is 0.158. The number of ether oxygens (including phenoxy) is 2. The van der Waals surface area contributed by atoms with Crippen LogP contribution in [0.2, 0.25) is 10.0 Å². The van der Waals surface area contributed by atoms with Crippen LogP contribution in [0, 0.1) is 11.3 Å². The Morgan fingerprint density at radius 1 is 1.30 bits per heavy atom. The maximum absolute atomic E-state index is 12.6. The molecule has 0 unspecified atom stereocenters. The molecule has 1 fully saturated rings. The Hall–Kier alpha value is -3.48. The summed E-state index contributed by atoms with van der Waals surface area (Å²) in [6.07, 6.45) is 1.40. The van der Waals surface area contributed by atoms with Gasteiger partial charge in [0.15, 0.2) is 12.4 Å². The van der Waals surface area contributed by atoms with E-state index in [9.17, 15) is 14.4 Å². The minimum Gasteiger partial charge on any atom is -0.476 e. The van der Waals surface area contributed by atoms with Crippen LogP contribution in [0.4, 0.5) is 4.79 Å². The van der Waals surface area contributed by atoms with Crippen LogP contribution < -0.4 is 10.1 Å². The maximum Gasteiger partial charge on any atom is 0.373 e. The molecular formula is C19H13Cl2N3O6. The number of amides is 3. The van der Waals surface area contributed by atoms with Crippen LogP contribution in [0.1, 0.15) is 21.9 Å². The largest absolute Gasteiger partial charge is 0.476 e. The van der Waals surface area contributed by atoms with Crippen LogP contribution in [0.5, 0.6) is 5.75 Å². The number of benzene rings is 1. The van der Waals surface area contributed by atoms with Gasteiger partial charge in [0.05, 0.1) is 23.7 Å². The minimum atomic E-state index is -0.671. The van der Waals surface area contributed by atoms with Gasteiger partial charge in [0, 0.05) is 0 Å². The Morgan fingerprint density at radius 2 is 2.00 bits per heavy atom. The number of furan rings is 1. The molecule has 9 nitrogen and oxygen atoms in total. The zero-order valence-corrected chi connectivity index (χ0v) is 16.9. The van der Waals surface area contributed by atoms with Gasteiger partial charge in [-0.15, -0.1) is 0 Å². The van der Waals surface area contributed by atoms with Crippen molar-refractivity contribution in [2.75, 3.05) is 13.7 Å². The summed E-state index contributed by atoms with van der Waals surface area (Å²) in [6, 6.07) is 6.95. The molecule has 0 spiro atoms. The number of hydrogen-bond donors (Lipinski definition) is 1. The number of nitrogens with one attached hydrogen (secondary N) is 1. The third-order valence-electron chi connectivity index (χ3n) is 3.94. The smallest absolute Gasteiger partial charge is 0.373 e. The molecule has 1 aromatic heterocycles. The van der Waals surface area contributed by atoms with Crippen LogP contribution in [-0.2, 0) is 16.1 Å². The van der Waals surface area contributed by atoms with Gasteiger partial charge >= 0.3 is 12.0 Å². The second kappa shape index (κ2) is 8.90. The van der Waals surface area contributed by atoms with Crippen molar-refractivity contribution in [3.63, 3.8) is 0 Å². The molecule has 1 aliphatic heterocycles. The first-order valence-corrected chi connectivity index (χ1v) is 9.10. The van der Waals surface area contributed by atoms with Gasteiger partial charge in [-0.2, -0.15) is 5.26 Å². The number of hydrogen-bond acceptors (Lipinski definition) is 7. The molecule has 0 saturated carbocycles. The second-order valence-electron chi connectivity index (χ2n) is 5.90. The van der Waals surface area contributed by atoms with Gasteiger partial charge in [0.25, 0.3) is 5.91 Å². The molecule has 1 N–H and O–H groups in total. The fourth-order valence-corrected chi connectivity index (χ4v) is 3.23. The Balaban J connectivity index is 1.79. The molecule has 0 radical (unpaired) electrons. The lowest BCUT2D eigenvalue weighted by Crippen LogP contribution is -2.30. The van der Waals surface area contributed by atoms with Crippen LogP contribution in [-0.4, -0.2) is 36.5 Å². The Labute approximate surface area is 180 Å². The maximum atomic E-state index is 12.6. The zero-order chi connectivity index (χ0) is 21.8. The number of nitriles is 1. The average molecular weight is 450 g/mol. The van der Waals surface area contributed by atoms with Gasteiger partial charge in [-0.3, -0.25) is 9.69 Å². The fourth-order valence-electron chi connectivity index (χ4n) is 2.62. The van der Waals surface area contributed by atoms with E-state index in [0.717, 1.165) is 4.90 Å². The molecule has 154 valence electrons. The minimum absolute atomic E-state index is 0.00225. The van der Waals surface area contributed by atoms with E-state index in [1.165, 1.54) is 37.5 Å². The lowest BCUT2D eigenvalue weighted by molar-refractivity contribution is -0.123. The van der Waals surface area contributed by atoms with Crippen molar-refractivity contribution < 1.29 is 28.3 Å². The quantitative estimate of drug-likeness (QED) is 0.407. The molecule has 2 heterocycles. The molecule has 3 rings (SSSR count). The third kappa shape index (κ3) is 4.40. The van der Waals surface area contributed by atoms with Crippen molar-refractivity contribution in [2.45, 2.75) is 6.54 Å². The molecule has 3 amide bonds. The monoisotopic (exact) mass is 449 g/mol. The first-order chi connectivity index (χ1) is 14.3. The van der Waals surface area contributed by atoms with Crippen LogP contribution in [0.25, 0.3) is 6.08 Å². The van der Waals surface area contributed by atoms with Crippen LogP contribution in [0.15, 0.2) is 34.4 Å². The summed E-state index contributed by atoms with van der Waals surface area (Å²) in [5.74, 6) is -0.948. The van der Waals surface area contributed by atoms with Crippen LogP contribution >= 0.6 is 23.2 Å². The van der Waals surface area contributed by atoms with E-state index in [2.05, 4.69) is 10.1 Å². The van der Waals surface area contributed by atoms with Crippen LogP contribution in [0.3, 0.4) is 0 Å². The highest BCUT2D eigenvalue weighted by molar-refractivity contribution is 6.37. The predicted octanol–water partition coefficient (Wildman–Crippen LogP) is 3.37.